The molecule has 6 heteroatoms. The minimum absolute atomic E-state index is 0.0110. The standard InChI is InChI=1S/C13H20N2O3S/c1-4-7-18-13-8-11(14-9-10(2)19-3)5-6-12(13)15(16)17/h5-6,8,10,14H,4,7,9H2,1-3H3. The highest BCUT2D eigenvalue weighted by Gasteiger charge is 2.15. The fraction of sp³-hybridized carbons (Fsp3) is 0.538. The zero-order valence-electron chi connectivity index (χ0n) is 11.5. The molecule has 0 heterocycles. The molecule has 0 fully saturated rings. The lowest BCUT2D eigenvalue weighted by Gasteiger charge is -2.12. The Morgan fingerprint density at radius 3 is 2.84 bits per heavy atom. The molecule has 0 saturated carbocycles. The Kier molecular flexibility index (Phi) is 6.49. The van der Waals surface area contributed by atoms with Crippen molar-refractivity contribution in [3.8, 4) is 5.75 Å². The third-order valence-corrected chi connectivity index (χ3v) is 3.59. The molecule has 1 aromatic rings. The molecule has 1 unspecified atom stereocenters. The maximum Gasteiger partial charge on any atom is 0.311 e. The van der Waals surface area contributed by atoms with Gasteiger partial charge in [-0.2, -0.15) is 11.8 Å². The second-order valence-electron chi connectivity index (χ2n) is 4.22. The molecular weight excluding hydrogens is 264 g/mol. The quantitative estimate of drug-likeness (QED) is 0.584. The van der Waals surface area contributed by atoms with Gasteiger partial charge in [0.2, 0.25) is 0 Å². The Balaban J connectivity index is 2.81. The van der Waals surface area contributed by atoms with Gasteiger partial charge in [0.1, 0.15) is 0 Å². The summed E-state index contributed by atoms with van der Waals surface area (Å²) in [6.45, 7) is 5.38. The lowest BCUT2D eigenvalue weighted by Crippen LogP contribution is -2.12. The first-order chi connectivity index (χ1) is 9.08. The summed E-state index contributed by atoms with van der Waals surface area (Å²) in [5.74, 6) is 0.327. The van der Waals surface area contributed by atoms with Gasteiger partial charge < -0.3 is 10.1 Å². The average molecular weight is 284 g/mol. The monoisotopic (exact) mass is 284 g/mol. The predicted molar refractivity (Wildman–Crippen MR) is 80.3 cm³/mol. The van der Waals surface area contributed by atoms with E-state index in [4.69, 9.17) is 4.74 Å². The van der Waals surface area contributed by atoms with Crippen LogP contribution < -0.4 is 10.1 Å². The molecule has 0 radical (unpaired) electrons. The van der Waals surface area contributed by atoms with Crippen molar-refractivity contribution in [2.75, 3.05) is 24.7 Å². The zero-order valence-corrected chi connectivity index (χ0v) is 12.3. The van der Waals surface area contributed by atoms with Gasteiger partial charge in [-0.15, -0.1) is 0 Å². The van der Waals surface area contributed by atoms with Crippen LogP contribution in [0.25, 0.3) is 0 Å². The smallest absolute Gasteiger partial charge is 0.311 e. The first-order valence-corrected chi connectivity index (χ1v) is 7.55. The van der Waals surface area contributed by atoms with Crippen LogP contribution in [-0.4, -0.2) is 29.6 Å². The first-order valence-electron chi connectivity index (χ1n) is 6.26. The van der Waals surface area contributed by atoms with Crippen molar-refractivity contribution in [2.24, 2.45) is 0 Å². The van der Waals surface area contributed by atoms with Crippen LogP contribution in [0.1, 0.15) is 20.3 Å². The van der Waals surface area contributed by atoms with E-state index < -0.39 is 4.92 Å². The van der Waals surface area contributed by atoms with Gasteiger partial charge in [0.15, 0.2) is 5.75 Å². The lowest BCUT2D eigenvalue weighted by atomic mass is 10.2. The van der Waals surface area contributed by atoms with Crippen LogP contribution in [0.5, 0.6) is 5.75 Å². The SMILES string of the molecule is CCCOc1cc(NCC(C)SC)ccc1[N+](=O)[O-]. The van der Waals surface area contributed by atoms with Crippen molar-refractivity contribution in [3.05, 3.63) is 28.3 Å². The predicted octanol–water partition coefficient (Wildman–Crippen LogP) is 3.55. The van der Waals surface area contributed by atoms with Gasteiger partial charge in [0, 0.05) is 29.6 Å². The summed E-state index contributed by atoms with van der Waals surface area (Å²) in [5.41, 5.74) is 0.856. The summed E-state index contributed by atoms with van der Waals surface area (Å²) >= 11 is 1.77. The summed E-state index contributed by atoms with van der Waals surface area (Å²) in [7, 11) is 0. The van der Waals surface area contributed by atoms with Crippen LogP contribution in [0.3, 0.4) is 0 Å². The number of nitro benzene ring substituents is 1. The molecule has 0 bridgehead atoms. The van der Waals surface area contributed by atoms with Gasteiger partial charge in [-0.1, -0.05) is 13.8 Å². The number of rotatable bonds is 8. The summed E-state index contributed by atoms with van der Waals surface area (Å²) in [5, 5.41) is 14.6. The largest absolute Gasteiger partial charge is 0.487 e. The first kappa shape index (κ1) is 15.6. The van der Waals surface area contributed by atoms with E-state index >= 15 is 0 Å². The molecule has 0 amide bonds. The molecule has 0 spiro atoms. The molecule has 1 N–H and O–H groups in total. The summed E-state index contributed by atoms with van der Waals surface area (Å²) in [4.78, 5) is 10.5. The van der Waals surface area contributed by atoms with Gasteiger partial charge in [-0.05, 0) is 18.7 Å². The molecule has 1 aromatic carbocycles. The fourth-order valence-corrected chi connectivity index (χ4v) is 1.70. The van der Waals surface area contributed by atoms with E-state index in [0.717, 1.165) is 18.7 Å². The summed E-state index contributed by atoms with van der Waals surface area (Å²) in [6, 6.07) is 4.89. The zero-order chi connectivity index (χ0) is 14.3. The van der Waals surface area contributed by atoms with E-state index in [0.29, 0.717) is 17.6 Å². The van der Waals surface area contributed by atoms with Gasteiger partial charge >= 0.3 is 5.69 Å². The normalized spacial score (nSPS) is 11.9. The minimum atomic E-state index is -0.417. The molecular formula is C13H20N2O3S. The van der Waals surface area contributed by atoms with Crippen LogP contribution in [-0.2, 0) is 0 Å². The van der Waals surface area contributed by atoms with Crippen molar-refractivity contribution in [2.45, 2.75) is 25.5 Å². The molecule has 0 aromatic heterocycles. The van der Waals surface area contributed by atoms with E-state index in [1.54, 1.807) is 23.9 Å². The van der Waals surface area contributed by atoms with Crippen LogP contribution in [0.2, 0.25) is 0 Å². The van der Waals surface area contributed by atoms with E-state index in [9.17, 15) is 10.1 Å². The molecule has 1 atom stereocenters. The third kappa shape index (κ3) is 4.98. The van der Waals surface area contributed by atoms with E-state index in [1.165, 1.54) is 6.07 Å². The molecule has 0 aliphatic carbocycles. The van der Waals surface area contributed by atoms with Crippen molar-refractivity contribution < 1.29 is 9.66 Å². The highest BCUT2D eigenvalue weighted by atomic mass is 32.2. The Bertz CT molecular complexity index is 426. The van der Waals surface area contributed by atoms with Crippen LogP contribution in [0.15, 0.2) is 18.2 Å². The fourth-order valence-electron chi connectivity index (χ4n) is 1.45. The molecule has 0 saturated heterocycles. The third-order valence-electron chi connectivity index (χ3n) is 2.61. The number of nitrogens with one attached hydrogen (secondary N) is 1. The number of ether oxygens (including phenoxy) is 1. The molecule has 106 valence electrons. The average Bonchev–Trinajstić information content (AvgIpc) is 2.42. The number of nitro groups is 1. The number of hydrogen-bond acceptors (Lipinski definition) is 5. The van der Waals surface area contributed by atoms with Crippen molar-refractivity contribution in [3.63, 3.8) is 0 Å². The van der Waals surface area contributed by atoms with Gasteiger partial charge in [0.25, 0.3) is 0 Å². The Morgan fingerprint density at radius 1 is 1.53 bits per heavy atom. The molecule has 19 heavy (non-hydrogen) atoms. The topological polar surface area (TPSA) is 64.4 Å². The van der Waals surface area contributed by atoms with E-state index in [-0.39, 0.29) is 5.69 Å². The minimum Gasteiger partial charge on any atom is -0.487 e. The van der Waals surface area contributed by atoms with Crippen molar-refractivity contribution in [1.82, 2.24) is 0 Å². The van der Waals surface area contributed by atoms with Crippen LogP contribution >= 0.6 is 11.8 Å². The number of benzene rings is 1. The molecule has 1 rings (SSSR count). The van der Waals surface area contributed by atoms with Crippen LogP contribution in [0.4, 0.5) is 11.4 Å². The van der Waals surface area contributed by atoms with Crippen molar-refractivity contribution in [1.29, 1.82) is 0 Å². The molecule has 0 aliphatic rings. The summed E-state index contributed by atoms with van der Waals surface area (Å²) in [6.07, 6.45) is 2.87. The maximum absolute atomic E-state index is 10.9. The Hall–Kier alpha value is -1.43. The Morgan fingerprint density at radius 2 is 2.26 bits per heavy atom. The number of hydrogen-bond donors (Lipinski definition) is 1. The Labute approximate surface area is 117 Å². The van der Waals surface area contributed by atoms with Crippen molar-refractivity contribution >= 4 is 23.1 Å². The second-order valence-corrected chi connectivity index (χ2v) is 5.49. The van der Waals surface area contributed by atoms with Gasteiger partial charge in [0.05, 0.1) is 11.5 Å². The molecule has 0 aliphatic heterocycles. The lowest BCUT2D eigenvalue weighted by molar-refractivity contribution is -0.385. The maximum atomic E-state index is 10.9. The highest BCUT2D eigenvalue weighted by Crippen LogP contribution is 2.30. The molecule has 5 nitrogen and oxygen atoms in total. The van der Waals surface area contributed by atoms with E-state index in [1.807, 2.05) is 6.92 Å². The summed E-state index contributed by atoms with van der Waals surface area (Å²) < 4.78 is 5.43. The van der Waals surface area contributed by atoms with E-state index in [2.05, 4.69) is 18.5 Å². The van der Waals surface area contributed by atoms with Gasteiger partial charge in [-0.3, -0.25) is 10.1 Å². The van der Waals surface area contributed by atoms with Gasteiger partial charge in [-0.25, -0.2) is 0 Å². The number of nitrogens with zero attached hydrogens (tertiary/aromatic N) is 1. The highest BCUT2D eigenvalue weighted by molar-refractivity contribution is 7.99. The second kappa shape index (κ2) is 7.89. The van der Waals surface area contributed by atoms with Crippen LogP contribution in [0, 0.1) is 10.1 Å². The number of anilines is 1. The number of thioether (sulfide) groups is 1.